The van der Waals surface area contributed by atoms with Gasteiger partial charge in [-0.15, -0.1) is 0 Å². The van der Waals surface area contributed by atoms with E-state index in [1.807, 2.05) is 0 Å². The quantitative estimate of drug-likeness (QED) is 0.444. The van der Waals surface area contributed by atoms with E-state index >= 15 is 0 Å². The van der Waals surface area contributed by atoms with Gasteiger partial charge in [-0.2, -0.15) is 0 Å². The number of hydrogen-bond donors (Lipinski definition) is 2. The van der Waals surface area contributed by atoms with E-state index in [0.717, 1.165) is 16.7 Å². The third-order valence-electron chi connectivity index (χ3n) is 5.72. The molecule has 1 aromatic heterocycles. The minimum absolute atomic E-state index is 0.00514. The number of methoxy groups -OCH3 is 1. The Morgan fingerprint density at radius 3 is 2.59 bits per heavy atom. The van der Waals surface area contributed by atoms with Crippen LogP contribution in [0.15, 0.2) is 35.1 Å². The van der Waals surface area contributed by atoms with Crippen LogP contribution in [0, 0.1) is 11.6 Å². The fourth-order valence-electron chi connectivity index (χ4n) is 3.84. The molecule has 2 atom stereocenters. The normalized spacial score (nSPS) is 17.4. The lowest BCUT2D eigenvalue weighted by molar-refractivity contribution is -0.163. The maximum atomic E-state index is 14.9. The zero-order chi connectivity index (χ0) is 26.7. The smallest absolute Gasteiger partial charge is 0.284 e. The largest absolute Gasteiger partial charge is 0.494 e. The van der Waals surface area contributed by atoms with E-state index in [-0.39, 0.29) is 54.7 Å². The number of halogens is 2. The second-order valence-electron chi connectivity index (χ2n) is 8.13. The average molecular weight is 518 g/mol. The number of nitrogens with zero attached hydrogens (tertiary/aromatic N) is 2. The lowest BCUT2D eigenvalue weighted by Crippen LogP contribution is -2.46. The first kappa shape index (κ1) is 26.0. The molecule has 0 spiro atoms. The summed E-state index contributed by atoms with van der Waals surface area (Å²) in [6.07, 6.45) is -1.41. The third-order valence-corrected chi connectivity index (χ3v) is 5.72. The molecule has 37 heavy (non-hydrogen) atoms. The summed E-state index contributed by atoms with van der Waals surface area (Å²) in [4.78, 5) is 41.5. The monoisotopic (exact) mass is 518 g/mol. The van der Waals surface area contributed by atoms with Crippen molar-refractivity contribution in [3.8, 4) is 11.5 Å². The predicted molar refractivity (Wildman–Crippen MR) is 126 cm³/mol. The number of hydrogen-bond acceptors (Lipinski definition) is 8. The van der Waals surface area contributed by atoms with Gasteiger partial charge in [-0.3, -0.25) is 19.0 Å². The van der Waals surface area contributed by atoms with Crippen molar-refractivity contribution in [3.05, 3.63) is 63.7 Å². The van der Waals surface area contributed by atoms with Gasteiger partial charge in [0.2, 0.25) is 5.82 Å². The second kappa shape index (κ2) is 10.9. The molecule has 2 amide bonds. The van der Waals surface area contributed by atoms with Gasteiger partial charge in [0.05, 0.1) is 32.4 Å². The molecule has 196 valence electrons. The van der Waals surface area contributed by atoms with Crippen molar-refractivity contribution in [2.24, 2.45) is 5.73 Å². The maximum Gasteiger partial charge on any atom is 0.284 e. The van der Waals surface area contributed by atoms with Crippen LogP contribution < -0.4 is 26.1 Å². The number of carbonyl (C=O) groups excluding carboxylic acids is 2. The van der Waals surface area contributed by atoms with Gasteiger partial charge in [0.15, 0.2) is 29.2 Å². The molecule has 3 N–H and O–H groups in total. The fourth-order valence-corrected chi connectivity index (χ4v) is 3.84. The zero-order valence-electron chi connectivity index (χ0n) is 20.0. The summed E-state index contributed by atoms with van der Waals surface area (Å²) in [6, 6.07) is 6.17. The Kier molecular flexibility index (Phi) is 7.64. The van der Waals surface area contributed by atoms with E-state index in [1.165, 1.54) is 32.4 Å². The third kappa shape index (κ3) is 5.37. The number of primary amides is 1. The van der Waals surface area contributed by atoms with E-state index < -0.39 is 41.1 Å². The number of rotatable bonds is 8. The molecule has 0 aliphatic carbocycles. The number of amides is 2. The van der Waals surface area contributed by atoms with Gasteiger partial charge >= 0.3 is 0 Å². The lowest BCUT2D eigenvalue weighted by Gasteiger charge is -2.28. The van der Waals surface area contributed by atoms with E-state index in [1.54, 1.807) is 0 Å². The van der Waals surface area contributed by atoms with Crippen LogP contribution in [0.1, 0.15) is 16.2 Å². The minimum Gasteiger partial charge on any atom is -0.494 e. The van der Waals surface area contributed by atoms with Crippen LogP contribution in [0.5, 0.6) is 11.5 Å². The van der Waals surface area contributed by atoms with Crippen LogP contribution in [0.25, 0.3) is 10.9 Å². The van der Waals surface area contributed by atoms with Gasteiger partial charge in [0.25, 0.3) is 17.4 Å². The number of likely N-dealkylation sites (N-methyl/N-ethyl adjacent to an activating group) is 1. The molecule has 11 nitrogen and oxygen atoms in total. The molecule has 0 bridgehead atoms. The Morgan fingerprint density at radius 2 is 1.95 bits per heavy atom. The molecular weight excluding hydrogens is 494 g/mol. The molecule has 0 radical (unpaired) electrons. The van der Waals surface area contributed by atoms with Crippen LogP contribution in [-0.4, -0.2) is 67.6 Å². The van der Waals surface area contributed by atoms with Crippen molar-refractivity contribution in [2.75, 3.05) is 34.0 Å². The van der Waals surface area contributed by atoms with Crippen LogP contribution in [0.4, 0.5) is 8.78 Å². The second-order valence-corrected chi connectivity index (χ2v) is 8.13. The number of nitrogens with one attached hydrogen (secondary N) is 1. The summed E-state index contributed by atoms with van der Waals surface area (Å²) in [5, 5.41) is 2.24. The summed E-state index contributed by atoms with van der Waals surface area (Å²) >= 11 is 0. The Balaban J connectivity index is 1.68. The summed E-state index contributed by atoms with van der Waals surface area (Å²) in [7, 11) is 2.76. The Hall–Kier alpha value is -4.10. The van der Waals surface area contributed by atoms with E-state index in [2.05, 4.69) is 10.3 Å². The highest BCUT2D eigenvalue weighted by Crippen LogP contribution is 2.27. The molecule has 2 aromatic carbocycles. The lowest BCUT2D eigenvalue weighted by atomic mass is 10.1. The summed E-state index contributed by atoms with van der Waals surface area (Å²) in [5.74, 6) is -3.61. The van der Waals surface area contributed by atoms with Gasteiger partial charge in [-0.05, 0) is 29.8 Å². The van der Waals surface area contributed by atoms with Crippen molar-refractivity contribution in [1.29, 1.82) is 0 Å². The molecule has 13 heteroatoms. The molecule has 1 fully saturated rings. The van der Waals surface area contributed by atoms with Gasteiger partial charge in [0.1, 0.15) is 18.1 Å². The van der Waals surface area contributed by atoms with E-state index in [4.69, 9.17) is 24.7 Å². The van der Waals surface area contributed by atoms with Crippen LogP contribution >= 0.6 is 0 Å². The molecule has 1 aliphatic rings. The number of nitrogens with two attached hydrogens (primary N) is 1. The topological polar surface area (TPSA) is 144 Å². The highest BCUT2D eigenvalue weighted by Gasteiger charge is 2.28. The molecule has 2 heterocycles. The Bertz CT molecular complexity index is 1400. The van der Waals surface area contributed by atoms with E-state index in [9.17, 15) is 23.2 Å². The van der Waals surface area contributed by atoms with Crippen molar-refractivity contribution >= 4 is 22.7 Å². The number of carbonyl (C=O) groups is 2. The van der Waals surface area contributed by atoms with Crippen molar-refractivity contribution in [2.45, 2.75) is 18.8 Å². The summed E-state index contributed by atoms with van der Waals surface area (Å²) < 4.78 is 51.3. The van der Waals surface area contributed by atoms with Crippen molar-refractivity contribution < 1.29 is 37.3 Å². The average Bonchev–Trinajstić information content (AvgIpc) is 2.90. The molecule has 4 rings (SSSR count). The van der Waals surface area contributed by atoms with Gasteiger partial charge in [-0.1, -0.05) is 6.07 Å². The van der Waals surface area contributed by atoms with Crippen LogP contribution in [-0.2, 0) is 20.8 Å². The molecule has 2 unspecified atom stereocenters. The number of aromatic nitrogens is 2. The molecule has 3 aromatic rings. The molecule has 1 saturated heterocycles. The van der Waals surface area contributed by atoms with Gasteiger partial charge < -0.3 is 30.0 Å². The molecule has 1 aliphatic heterocycles. The highest BCUT2D eigenvalue weighted by atomic mass is 19.1. The fraction of sp³-hybridized carbons (Fsp3) is 0.333. The van der Waals surface area contributed by atoms with E-state index in [0.29, 0.717) is 5.56 Å². The van der Waals surface area contributed by atoms with Crippen LogP contribution in [0.2, 0.25) is 0 Å². The summed E-state index contributed by atoms with van der Waals surface area (Å²) in [6.45, 7) is -0.440. The Morgan fingerprint density at radius 1 is 1.19 bits per heavy atom. The Labute approximate surface area is 209 Å². The molecule has 0 saturated carbocycles. The molecular formula is C24H24F2N4O7. The standard InChI is InChI=1S/C24H24F2N4O7/c1-28-23(32)18-11-35-13(9-36-18)10-37-20-15(26)5-6-16-19(20)24(33)30(22(29-16)21(27)31)8-12-3-4-14(25)17(7-12)34-2/h3-7,13,18H,8-11H2,1-2H3,(H2,27,31)(H,28,32). The van der Waals surface area contributed by atoms with Gasteiger partial charge in [0, 0.05) is 7.05 Å². The van der Waals surface area contributed by atoms with Crippen molar-refractivity contribution in [1.82, 2.24) is 14.9 Å². The van der Waals surface area contributed by atoms with Crippen LogP contribution in [0.3, 0.4) is 0 Å². The summed E-state index contributed by atoms with van der Waals surface area (Å²) in [5.41, 5.74) is 5.06. The predicted octanol–water partition coefficient (Wildman–Crippen LogP) is 0.739. The first-order valence-electron chi connectivity index (χ1n) is 11.2. The van der Waals surface area contributed by atoms with Crippen molar-refractivity contribution in [3.63, 3.8) is 0 Å². The maximum absolute atomic E-state index is 14.9. The zero-order valence-corrected chi connectivity index (χ0v) is 20.0. The minimum atomic E-state index is -0.988. The number of benzene rings is 2. The first-order valence-corrected chi connectivity index (χ1v) is 11.2. The van der Waals surface area contributed by atoms with Gasteiger partial charge in [-0.25, -0.2) is 13.8 Å². The number of ether oxygens (including phenoxy) is 4. The highest BCUT2D eigenvalue weighted by molar-refractivity contribution is 5.93. The SMILES string of the molecule is CNC(=O)C1COC(COc2c(F)ccc3nc(C(N)=O)n(Cc4ccc(F)c(OC)c4)c(=O)c23)CO1. The first-order chi connectivity index (χ1) is 17.7. The number of fused-ring (bicyclic) bond motifs is 1.